The molecule has 0 saturated heterocycles. The normalized spacial score (nSPS) is 11.5. The SMILES string of the molecule is COCCNC(=O)c1ccccc1NC(=O)[C@H](C)Oc1cccc(Cl)c1. The zero-order valence-corrected chi connectivity index (χ0v) is 15.4. The van der Waals surface area contributed by atoms with Gasteiger partial charge in [-0.3, -0.25) is 9.59 Å². The minimum absolute atomic E-state index is 0.290. The van der Waals surface area contributed by atoms with E-state index in [0.29, 0.717) is 35.2 Å². The van der Waals surface area contributed by atoms with Crippen LogP contribution in [0, 0.1) is 0 Å². The van der Waals surface area contributed by atoms with Crippen molar-refractivity contribution < 1.29 is 19.1 Å². The molecule has 0 bridgehead atoms. The Bertz CT molecular complexity index is 767. The minimum Gasteiger partial charge on any atom is -0.481 e. The third-order valence-corrected chi connectivity index (χ3v) is 3.73. The Kier molecular flexibility index (Phi) is 7.44. The molecule has 0 heterocycles. The van der Waals surface area contributed by atoms with Crippen molar-refractivity contribution in [1.82, 2.24) is 5.32 Å². The van der Waals surface area contributed by atoms with Crippen LogP contribution in [-0.2, 0) is 9.53 Å². The summed E-state index contributed by atoms with van der Waals surface area (Å²) >= 11 is 5.91. The lowest BCUT2D eigenvalue weighted by Gasteiger charge is -2.16. The highest BCUT2D eigenvalue weighted by Gasteiger charge is 2.18. The van der Waals surface area contributed by atoms with Crippen LogP contribution in [0.1, 0.15) is 17.3 Å². The number of carbonyl (C=O) groups excluding carboxylic acids is 2. The van der Waals surface area contributed by atoms with E-state index >= 15 is 0 Å². The Morgan fingerprint density at radius 3 is 2.65 bits per heavy atom. The molecule has 0 spiro atoms. The van der Waals surface area contributed by atoms with Crippen molar-refractivity contribution in [2.45, 2.75) is 13.0 Å². The van der Waals surface area contributed by atoms with Crippen molar-refractivity contribution in [2.75, 3.05) is 25.6 Å². The van der Waals surface area contributed by atoms with E-state index in [0.717, 1.165) is 0 Å². The van der Waals surface area contributed by atoms with Gasteiger partial charge in [-0.1, -0.05) is 29.8 Å². The fourth-order valence-corrected chi connectivity index (χ4v) is 2.36. The number of methoxy groups -OCH3 is 1. The van der Waals surface area contributed by atoms with Crippen molar-refractivity contribution >= 4 is 29.1 Å². The Morgan fingerprint density at radius 1 is 1.15 bits per heavy atom. The van der Waals surface area contributed by atoms with Crippen LogP contribution >= 0.6 is 11.6 Å². The van der Waals surface area contributed by atoms with Gasteiger partial charge in [0.05, 0.1) is 17.9 Å². The third kappa shape index (κ3) is 5.75. The first-order valence-electron chi connectivity index (χ1n) is 8.10. The number of hydrogen-bond acceptors (Lipinski definition) is 4. The molecule has 0 aliphatic heterocycles. The summed E-state index contributed by atoms with van der Waals surface area (Å²) in [4.78, 5) is 24.7. The second kappa shape index (κ2) is 9.79. The molecule has 1 atom stereocenters. The maximum absolute atomic E-state index is 12.4. The second-order valence-corrected chi connectivity index (χ2v) is 5.94. The summed E-state index contributed by atoms with van der Waals surface area (Å²) in [5.74, 6) is -0.172. The van der Waals surface area contributed by atoms with Crippen LogP contribution < -0.4 is 15.4 Å². The smallest absolute Gasteiger partial charge is 0.265 e. The van der Waals surface area contributed by atoms with Gasteiger partial charge in [0.1, 0.15) is 5.75 Å². The topological polar surface area (TPSA) is 76.7 Å². The van der Waals surface area contributed by atoms with Crippen LogP contribution in [-0.4, -0.2) is 38.2 Å². The molecule has 0 aliphatic carbocycles. The lowest BCUT2D eigenvalue weighted by atomic mass is 10.1. The Balaban J connectivity index is 2.03. The lowest BCUT2D eigenvalue weighted by molar-refractivity contribution is -0.122. The van der Waals surface area contributed by atoms with Gasteiger partial charge in [-0.05, 0) is 37.3 Å². The largest absolute Gasteiger partial charge is 0.481 e. The fourth-order valence-electron chi connectivity index (χ4n) is 2.18. The highest BCUT2D eigenvalue weighted by Crippen LogP contribution is 2.20. The third-order valence-electron chi connectivity index (χ3n) is 3.50. The van der Waals surface area contributed by atoms with E-state index in [1.54, 1.807) is 62.6 Å². The van der Waals surface area contributed by atoms with Crippen LogP contribution in [0.15, 0.2) is 48.5 Å². The van der Waals surface area contributed by atoms with E-state index in [-0.39, 0.29) is 11.8 Å². The molecule has 138 valence electrons. The summed E-state index contributed by atoms with van der Waals surface area (Å²) in [7, 11) is 1.56. The maximum atomic E-state index is 12.4. The number of ether oxygens (including phenoxy) is 2. The zero-order valence-electron chi connectivity index (χ0n) is 14.6. The van der Waals surface area contributed by atoms with Gasteiger partial charge in [0.15, 0.2) is 6.10 Å². The van der Waals surface area contributed by atoms with Crippen molar-refractivity contribution in [3.05, 3.63) is 59.1 Å². The molecule has 0 aliphatic rings. The zero-order chi connectivity index (χ0) is 18.9. The maximum Gasteiger partial charge on any atom is 0.265 e. The van der Waals surface area contributed by atoms with Crippen LogP contribution in [0.25, 0.3) is 0 Å². The minimum atomic E-state index is -0.766. The van der Waals surface area contributed by atoms with Gasteiger partial charge in [-0.15, -0.1) is 0 Å². The molecule has 0 unspecified atom stereocenters. The molecule has 0 saturated carbocycles. The molecular weight excluding hydrogens is 356 g/mol. The highest BCUT2D eigenvalue weighted by molar-refractivity contribution is 6.30. The van der Waals surface area contributed by atoms with E-state index in [1.165, 1.54) is 0 Å². The predicted octanol–water partition coefficient (Wildman–Crippen LogP) is 3.12. The number of amides is 2. The van der Waals surface area contributed by atoms with Crippen molar-refractivity contribution in [2.24, 2.45) is 0 Å². The number of anilines is 1. The standard InChI is InChI=1S/C19H21ClN2O4/c1-13(26-15-7-5-6-14(20)12-15)18(23)22-17-9-4-3-8-16(17)19(24)21-10-11-25-2/h3-9,12-13H,10-11H2,1-2H3,(H,21,24)(H,22,23)/t13-/m0/s1. The number of halogens is 1. The Hall–Kier alpha value is -2.57. The van der Waals surface area contributed by atoms with Crippen LogP contribution in [0.2, 0.25) is 5.02 Å². The average molecular weight is 377 g/mol. The van der Waals surface area contributed by atoms with Gasteiger partial charge in [0.25, 0.3) is 11.8 Å². The number of hydrogen-bond donors (Lipinski definition) is 2. The van der Waals surface area contributed by atoms with Gasteiger partial charge < -0.3 is 20.1 Å². The van der Waals surface area contributed by atoms with Gasteiger partial charge >= 0.3 is 0 Å². The number of benzene rings is 2. The first kappa shape index (κ1) is 19.8. The van der Waals surface area contributed by atoms with Gasteiger partial charge in [0.2, 0.25) is 0 Å². The van der Waals surface area contributed by atoms with E-state index in [2.05, 4.69) is 10.6 Å². The molecule has 2 N–H and O–H groups in total. The Morgan fingerprint density at radius 2 is 1.92 bits per heavy atom. The summed E-state index contributed by atoms with van der Waals surface area (Å²) in [5, 5.41) is 5.98. The molecular formula is C19H21ClN2O4. The molecule has 2 rings (SSSR count). The van der Waals surface area contributed by atoms with Gasteiger partial charge in [0, 0.05) is 18.7 Å². The van der Waals surface area contributed by atoms with E-state index in [4.69, 9.17) is 21.1 Å². The molecule has 0 aromatic heterocycles. The van der Waals surface area contributed by atoms with Gasteiger partial charge in [-0.2, -0.15) is 0 Å². The summed E-state index contributed by atoms with van der Waals surface area (Å²) in [6, 6.07) is 13.6. The summed E-state index contributed by atoms with van der Waals surface area (Å²) in [6.45, 7) is 2.41. The van der Waals surface area contributed by atoms with Gasteiger partial charge in [-0.25, -0.2) is 0 Å². The highest BCUT2D eigenvalue weighted by atomic mass is 35.5. The monoisotopic (exact) mass is 376 g/mol. The second-order valence-electron chi connectivity index (χ2n) is 5.50. The lowest BCUT2D eigenvalue weighted by Crippen LogP contribution is -2.32. The first-order chi connectivity index (χ1) is 12.5. The van der Waals surface area contributed by atoms with Crippen LogP contribution in [0.5, 0.6) is 5.75 Å². The molecule has 26 heavy (non-hydrogen) atoms. The van der Waals surface area contributed by atoms with E-state index < -0.39 is 6.10 Å². The molecule has 6 nitrogen and oxygen atoms in total. The molecule has 0 radical (unpaired) electrons. The summed E-state index contributed by atoms with van der Waals surface area (Å²) in [6.07, 6.45) is -0.766. The van der Waals surface area contributed by atoms with E-state index in [1.807, 2.05) is 0 Å². The number of rotatable bonds is 8. The van der Waals surface area contributed by atoms with E-state index in [9.17, 15) is 9.59 Å². The predicted molar refractivity (Wildman–Crippen MR) is 101 cm³/mol. The van der Waals surface area contributed by atoms with Crippen LogP contribution in [0.4, 0.5) is 5.69 Å². The summed E-state index contributed by atoms with van der Waals surface area (Å²) < 4.78 is 10.5. The number of carbonyl (C=O) groups is 2. The molecule has 7 heteroatoms. The molecule has 2 aromatic rings. The van der Waals surface area contributed by atoms with Crippen molar-refractivity contribution in [3.63, 3.8) is 0 Å². The number of nitrogens with one attached hydrogen (secondary N) is 2. The molecule has 2 aromatic carbocycles. The fraction of sp³-hybridized carbons (Fsp3) is 0.263. The average Bonchev–Trinajstić information content (AvgIpc) is 2.62. The summed E-state index contributed by atoms with van der Waals surface area (Å²) in [5.41, 5.74) is 0.779. The number of para-hydroxylation sites is 1. The molecule has 0 fully saturated rings. The quantitative estimate of drug-likeness (QED) is 0.694. The molecule has 2 amide bonds. The van der Waals surface area contributed by atoms with Crippen molar-refractivity contribution in [3.8, 4) is 5.75 Å². The first-order valence-corrected chi connectivity index (χ1v) is 8.48. The van der Waals surface area contributed by atoms with Crippen LogP contribution in [0.3, 0.4) is 0 Å². The van der Waals surface area contributed by atoms with Crippen molar-refractivity contribution in [1.29, 1.82) is 0 Å². The Labute approximate surface area is 157 Å².